The van der Waals surface area contributed by atoms with Crippen LogP contribution in [-0.4, -0.2) is 74.7 Å². The predicted octanol–water partition coefficient (Wildman–Crippen LogP) is 1.78. The van der Waals surface area contributed by atoms with E-state index in [-0.39, 0.29) is 21.9 Å². The average Bonchev–Trinajstić information content (AvgIpc) is 2.55. The molecule has 0 saturated carbocycles. The number of rotatable bonds is 4. The van der Waals surface area contributed by atoms with Crippen LogP contribution in [0, 0.1) is 0 Å². The molecule has 2 rings (SSSR count). The van der Waals surface area contributed by atoms with E-state index >= 15 is 0 Å². The molecule has 0 N–H and O–H groups in total. The lowest BCUT2D eigenvalue weighted by molar-refractivity contribution is -0.134. The minimum Gasteiger partial charge on any atom is -0.347 e. The van der Waals surface area contributed by atoms with Crippen LogP contribution in [0.1, 0.15) is 6.92 Å². The number of amides is 1. The molecule has 0 aromatic heterocycles. The Balaban J connectivity index is 2.08. The van der Waals surface area contributed by atoms with E-state index < -0.39 is 10.0 Å². The van der Waals surface area contributed by atoms with Crippen molar-refractivity contribution in [1.29, 1.82) is 0 Å². The third kappa shape index (κ3) is 4.03. The molecule has 1 aliphatic rings. The van der Waals surface area contributed by atoms with Crippen molar-refractivity contribution in [3.8, 4) is 0 Å². The molecular weight excluding hydrogens is 373 g/mol. The van der Waals surface area contributed by atoms with Crippen molar-refractivity contribution in [1.82, 2.24) is 14.1 Å². The van der Waals surface area contributed by atoms with E-state index in [1.54, 1.807) is 19.0 Å². The van der Waals surface area contributed by atoms with Crippen LogP contribution in [0.4, 0.5) is 0 Å². The number of hydrogen-bond donors (Lipinski definition) is 0. The fourth-order valence-corrected chi connectivity index (χ4v) is 4.46. The molecule has 1 fully saturated rings. The largest absolute Gasteiger partial charge is 0.347 e. The second-order valence-corrected chi connectivity index (χ2v) is 8.68. The molecule has 0 radical (unpaired) electrons. The number of hydrogen-bond acceptors (Lipinski definition) is 4. The molecule has 0 aliphatic carbocycles. The second-order valence-electron chi connectivity index (χ2n) is 5.92. The summed E-state index contributed by atoms with van der Waals surface area (Å²) in [6, 6.07) is 4.03. The van der Waals surface area contributed by atoms with Gasteiger partial charge in [-0.25, -0.2) is 8.42 Å². The number of carbonyl (C=O) groups excluding carboxylic acids is 1. The van der Waals surface area contributed by atoms with Crippen LogP contribution in [0.25, 0.3) is 0 Å². The zero-order valence-corrected chi connectivity index (χ0v) is 16.2. The van der Waals surface area contributed by atoms with Crippen LogP contribution in [0.2, 0.25) is 10.0 Å². The molecule has 1 aromatic carbocycles. The lowest BCUT2D eigenvalue weighted by Crippen LogP contribution is -2.54. The van der Waals surface area contributed by atoms with Gasteiger partial charge in [0.1, 0.15) is 0 Å². The van der Waals surface area contributed by atoms with Gasteiger partial charge in [-0.2, -0.15) is 4.31 Å². The van der Waals surface area contributed by atoms with Gasteiger partial charge >= 0.3 is 0 Å². The molecule has 9 heteroatoms. The SMILES string of the molecule is C[C@@H](C(=O)N(C)C)N1CCN(S(=O)(=O)c2ccc(Cl)c(Cl)c2)CC1. The van der Waals surface area contributed by atoms with Crippen LogP contribution in [0.5, 0.6) is 0 Å². The fourth-order valence-electron chi connectivity index (χ4n) is 2.65. The van der Waals surface area contributed by atoms with Gasteiger partial charge in [0.05, 0.1) is 21.0 Å². The Bertz CT molecular complexity index is 717. The smallest absolute Gasteiger partial charge is 0.243 e. The predicted molar refractivity (Wildman–Crippen MR) is 94.9 cm³/mol. The Morgan fingerprint density at radius 2 is 1.71 bits per heavy atom. The van der Waals surface area contributed by atoms with E-state index in [1.807, 2.05) is 11.8 Å². The molecule has 1 heterocycles. The highest BCUT2D eigenvalue weighted by Gasteiger charge is 2.32. The molecule has 0 unspecified atom stereocenters. The summed E-state index contributed by atoms with van der Waals surface area (Å²) in [4.78, 5) is 15.7. The van der Waals surface area contributed by atoms with Gasteiger partial charge in [0, 0.05) is 40.3 Å². The van der Waals surface area contributed by atoms with E-state index in [1.165, 1.54) is 22.5 Å². The Kier molecular flexibility index (Phi) is 6.14. The van der Waals surface area contributed by atoms with Gasteiger partial charge in [0.15, 0.2) is 0 Å². The van der Waals surface area contributed by atoms with Crippen LogP contribution >= 0.6 is 23.2 Å². The monoisotopic (exact) mass is 393 g/mol. The summed E-state index contributed by atoms with van der Waals surface area (Å²) in [6.07, 6.45) is 0. The van der Waals surface area contributed by atoms with Crippen molar-refractivity contribution >= 4 is 39.1 Å². The average molecular weight is 394 g/mol. The first-order valence-corrected chi connectivity index (χ1v) is 9.74. The fraction of sp³-hybridized carbons (Fsp3) is 0.533. The van der Waals surface area contributed by atoms with Gasteiger partial charge in [-0.15, -0.1) is 0 Å². The summed E-state index contributed by atoms with van der Waals surface area (Å²) >= 11 is 11.8. The van der Waals surface area contributed by atoms with Gasteiger partial charge in [0.2, 0.25) is 15.9 Å². The maximum absolute atomic E-state index is 12.7. The molecule has 1 aromatic rings. The second kappa shape index (κ2) is 7.58. The lowest BCUT2D eigenvalue weighted by atomic mass is 10.2. The van der Waals surface area contributed by atoms with E-state index in [9.17, 15) is 13.2 Å². The summed E-state index contributed by atoms with van der Waals surface area (Å²) < 4.78 is 26.8. The number of sulfonamides is 1. The molecule has 1 amide bonds. The van der Waals surface area contributed by atoms with Crippen molar-refractivity contribution in [3.63, 3.8) is 0 Å². The number of halogens is 2. The molecule has 134 valence electrons. The van der Waals surface area contributed by atoms with E-state index in [0.29, 0.717) is 31.2 Å². The van der Waals surface area contributed by atoms with Gasteiger partial charge in [-0.05, 0) is 25.1 Å². The third-order valence-corrected chi connectivity index (χ3v) is 6.78. The molecule has 24 heavy (non-hydrogen) atoms. The number of likely N-dealkylation sites (N-methyl/N-ethyl adjacent to an activating group) is 1. The summed E-state index contributed by atoms with van der Waals surface area (Å²) in [5, 5.41) is 0.526. The zero-order valence-electron chi connectivity index (χ0n) is 13.9. The van der Waals surface area contributed by atoms with Gasteiger partial charge in [-0.3, -0.25) is 9.69 Å². The number of piperazine rings is 1. The van der Waals surface area contributed by atoms with Crippen molar-refractivity contribution in [3.05, 3.63) is 28.2 Å². The first-order valence-electron chi connectivity index (χ1n) is 7.55. The number of benzene rings is 1. The Morgan fingerprint density at radius 3 is 2.21 bits per heavy atom. The highest BCUT2D eigenvalue weighted by molar-refractivity contribution is 7.89. The lowest BCUT2D eigenvalue weighted by Gasteiger charge is -2.37. The van der Waals surface area contributed by atoms with E-state index in [2.05, 4.69) is 0 Å². The van der Waals surface area contributed by atoms with Gasteiger partial charge < -0.3 is 4.90 Å². The molecule has 1 atom stereocenters. The van der Waals surface area contributed by atoms with Crippen molar-refractivity contribution in [2.24, 2.45) is 0 Å². The Labute approximate surface area is 153 Å². The Morgan fingerprint density at radius 1 is 1.12 bits per heavy atom. The number of carbonyl (C=O) groups is 1. The normalized spacial score (nSPS) is 18.4. The summed E-state index contributed by atoms with van der Waals surface area (Å²) in [5.74, 6) is 0.00999. The highest BCUT2D eigenvalue weighted by Crippen LogP contribution is 2.27. The topological polar surface area (TPSA) is 60.9 Å². The van der Waals surface area contributed by atoms with E-state index in [4.69, 9.17) is 23.2 Å². The first kappa shape index (κ1) is 19.5. The summed E-state index contributed by atoms with van der Waals surface area (Å²) in [7, 11) is -0.195. The number of nitrogens with zero attached hydrogens (tertiary/aromatic N) is 3. The van der Waals surface area contributed by atoms with E-state index in [0.717, 1.165) is 0 Å². The van der Waals surface area contributed by atoms with Crippen molar-refractivity contribution in [2.75, 3.05) is 40.3 Å². The molecule has 1 aliphatic heterocycles. The van der Waals surface area contributed by atoms with Crippen LogP contribution in [-0.2, 0) is 14.8 Å². The van der Waals surface area contributed by atoms with Crippen molar-refractivity contribution in [2.45, 2.75) is 17.9 Å². The van der Waals surface area contributed by atoms with Crippen LogP contribution < -0.4 is 0 Å². The van der Waals surface area contributed by atoms with Crippen LogP contribution in [0.15, 0.2) is 23.1 Å². The molecule has 0 spiro atoms. The third-order valence-electron chi connectivity index (χ3n) is 4.15. The standard InChI is InChI=1S/C15H21Cl2N3O3S/c1-11(15(21)18(2)3)19-6-8-20(9-7-19)24(22,23)12-4-5-13(16)14(17)10-12/h4-5,10-11H,6-9H2,1-3H3/t11-/m0/s1. The quantitative estimate of drug-likeness (QED) is 0.781. The molecule has 6 nitrogen and oxygen atoms in total. The minimum absolute atomic E-state index is 0.00999. The van der Waals surface area contributed by atoms with Gasteiger partial charge in [-0.1, -0.05) is 23.2 Å². The Hall–Kier alpha value is -0.860. The molecule has 1 saturated heterocycles. The maximum Gasteiger partial charge on any atom is 0.243 e. The van der Waals surface area contributed by atoms with Crippen molar-refractivity contribution < 1.29 is 13.2 Å². The minimum atomic E-state index is -3.62. The first-order chi connectivity index (χ1) is 11.1. The zero-order chi connectivity index (χ0) is 18.1. The summed E-state index contributed by atoms with van der Waals surface area (Å²) in [5.41, 5.74) is 0. The molecule has 0 bridgehead atoms. The summed E-state index contributed by atoms with van der Waals surface area (Å²) in [6.45, 7) is 3.50. The highest BCUT2D eigenvalue weighted by atomic mass is 35.5. The molecular formula is C15H21Cl2N3O3S. The van der Waals surface area contributed by atoms with Gasteiger partial charge in [0.25, 0.3) is 0 Å². The maximum atomic E-state index is 12.7. The van der Waals surface area contributed by atoms with Crippen LogP contribution in [0.3, 0.4) is 0 Å².